The van der Waals surface area contributed by atoms with Crippen LogP contribution in [0.1, 0.15) is 26.5 Å². The Morgan fingerprint density at radius 3 is 2.52 bits per heavy atom. The Bertz CT molecular complexity index is 852. The lowest BCUT2D eigenvalue weighted by Crippen LogP contribution is -2.19. The fourth-order valence-corrected chi connectivity index (χ4v) is 2.24. The highest BCUT2D eigenvalue weighted by Crippen LogP contribution is 2.26. The maximum Gasteiger partial charge on any atom is 0.418 e. The van der Waals surface area contributed by atoms with Crippen molar-refractivity contribution in [2.45, 2.75) is 26.2 Å². The third-order valence-corrected chi connectivity index (χ3v) is 3.55. The number of anilines is 1. The molecule has 0 fully saturated rings. The molecule has 1 aromatic carbocycles. The summed E-state index contributed by atoms with van der Waals surface area (Å²) in [4.78, 5) is 16.3. The molecule has 25 heavy (non-hydrogen) atoms. The molecule has 3 rings (SSSR count). The van der Waals surface area contributed by atoms with Crippen LogP contribution < -0.4 is 10.1 Å². The van der Waals surface area contributed by atoms with Gasteiger partial charge in [-0.2, -0.15) is 5.10 Å². The predicted molar refractivity (Wildman–Crippen MR) is 96.1 cm³/mol. The summed E-state index contributed by atoms with van der Waals surface area (Å²) in [5.41, 5.74) is 1.45. The number of nitrogens with zero attached hydrogens (tertiary/aromatic N) is 3. The van der Waals surface area contributed by atoms with Gasteiger partial charge in [-0.1, -0.05) is 39.0 Å². The first-order valence-corrected chi connectivity index (χ1v) is 7.98. The fourth-order valence-electron chi connectivity index (χ4n) is 2.24. The van der Waals surface area contributed by atoms with E-state index in [0.717, 1.165) is 11.4 Å². The predicted octanol–water partition coefficient (Wildman–Crippen LogP) is 4.18. The second-order valence-electron chi connectivity index (χ2n) is 6.62. The molecule has 0 saturated heterocycles. The monoisotopic (exact) mass is 336 g/mol. The first kappa shape index (κ1) is 16.7. The summed E-state index contributed by atoms with van der Waals surface area (Å²) in [6.07, 6.45) is 2.80. The molecular weight excluding hydrogens is 316 g/mol. The zero-order valence-corrected chi connectivity index (χ0v) is 14.4. The van der Waals surface area contributed by atoms with Gasteiger partial charge >= 0.3 is 6.09 Å². The van der Waals surface area contributed by atoms with Gasteiger partial charge < -0.3 is 4.74 Å². The van der Waals surface area contributed by atoms with Gasteiger partial charge in [0.25, 0.3) is 0 Å². The Morgan fingerprint density at radius 2 is 1.88 bits per heavy atom. The lowest BCUT2D eigenvalue weighted by molar-refractivity contribution is 0.215. The van der Waals surface area contributed by atoms with Gasteiger partial charge in [-0.3, -0.25) is 10.3 Å². The van der Waals surface area contributed by atoms with Crippen LogP contribution in [0.5, 0.6) is 5.75 Å². The minimum Gasteiger partial charge on any atom is -0.410 e. The van der Waals surface area contributed by atoms with Crippen LogP contribution in [0, 0.1) is 0 Å². The molecule has 1 N–H and O–H groups in total. The molecule has 0 saturated carbocycles. The minimum atomic E-state index is -0.573. The van der Waals surface area contributed by atoms with Gasteiger partial charge in [0.05, 0.1) is 17.6 Å². The fraction of sp³-hybridized carbons (Fsp3) is 0.211. The van der Waals surface area contributed by atoms with E-state index in [-0.39, 0.29) is 5.41 Å². The lowest BCUT2D eigenvalue weighted by atomic mass is 9.92. The molecule has 3 aromatic rings. The van der Waals surface area contributed by atoms with Crippen molar-refractivity contribution >= 4 is 11.9 Å². The largest absolute Gasteiger partial charge is 0.418 e. The van der Waals surface area contributed by atoms with E-state index in [1.807, 2.05) is 24.3 Å². The summed E-state index contributed by atoms with van der Waals surface area (Å²) in [5, 5.41) is 7.38. The Morgan fingerprint density at radius 1 is 1.12 bits per heavy atom. The van der Waals surface area contributed by atoms with Gasteiger partial charge in [-0.05, 0) is 24.3 Å². The van der Waals surface area contributed by atoms with Crippen molar-refractivity contribution in [1.82, 2.24) is 14.8 Å². The molecule has 2 heterocycles. The number of aromatic nitrogens is 3. The molecule has 0 aliphatic rings. The summed E-state index contributed by atoms with van der Waals surface area (Å²) < 4.78 is 6.95. The summed E-state index contributed by atoms with van der Waals surface area (Å²) in [6, 6.07) is 14.5. The highest BCUT2D eigenvalue weighted by molar-refractivity contribution is 5.85. The molecule has 0 radical (unpaired) electrons. The zero-order chi connectivity index (χ0) is 17.9. The van der Waals surface area contributed by atoms with Crippen LogP contribution in [0.2, 0.25) is 0 Å². The van der Waals surface area contributed by atoms with Gasteiger partial charge in [0.1, 0.15) is 11.6 Å². The van der Waals surface area contributed by atoms with Crippen LogP contribution in [0.25, 0.3) is 5.69 Å². The number of ether oxygens (including phenoxy) is 1. The van der Waals surface area contributed by atoms with Gasteiger partial charge in [0.2, 0.25) is 0 Å². The van der Waals surface area contributed by atoms with Crippen molar-refractivity contribution in [3.05, 3.63) is 66.6 Å². The summed E-state index contributed by atoms with van der Waals surface area (Å²) in [5.74, 6) is 1.00. The van der Waals surface area contributed by atoms with Crippen LogP contribution in [0.15, 0.2) is 60.9 Å². The first-order valence-electron chi connectivity index (χ1n) is 7.98. The number of carbonyl (C=O) groups is 1. The van der Waals surface area contributed by atoms with E-state index in [4.69, 9.17) is 4.74 Å². The van der Waals surface area contributed by atoms with E-state index in [1.54, 1.807) is 41.3 Å². The normalized spacial score (nSPS) is 11.2. The second-order valence-corrected chi connectivity index (χ2v) is 6.62. The van der Waals surface area contributed by atoms with Crippen LogP contribution in [0.4, 0.5) is 10.6 Å². The molecule has 6 heteroatoms. The molecule has 0 aliphatic heterocycles. The van der Waals surface area contributed by atoms with Gasteiger partial charge in [0.15, 0.2) is 0 Å². The number of hydrogen-bond acceptors (Lipinski definition) is 4. The van der Waals surface area contributed by atoms with E-state index in [9.17, 15) is 4.79 Å². The van der Waals surface area contributed by atoms with Crippen molar-refractivity contribution in [2.75, 3.05) is 5.32 Å². The summed E-state index contributed by atoms with van der Waals surface area (Å²) in [7, 11) is 0. The minimum absolute atomic E-state index is 0.160. The number of pyridine rings is 1. The summed E-state index contributed by atoms with van der Waals surface area (Å²) in [6.45, 7) is 6.19. The Kier molecular flexibility index (Phi) is 4.52. The first-order chi connectivity index (χ1) is 11.9. The second kappa shape index (κ2) is 6.76. The van der Waals surface area contributed by atoms with Gasteiger partial charge in [0, 0.05) is 17.7 Å². The Hall–Kier alpha value is -3.15. The van der Waals surface area contributed by atoms with Crippen molar-refractivity contribution in [1.29, 1.82) is 0 Å². The molecule has 0 aliphatic carbocycles. The molecule has 0 spiro atoms. The number of para-hydroxylation sites is 1. The number of amides is 1. The molecule has 6 nitrogen and oxygen atoms in total. The smallest absolute Gasteiger partial charge is 0.410 e. The number of benzene rings is 1. The zero-order valence-electron chi connectivity index (χ0n) is 14.4. The van der Waals surface area contributed by atoms with Crippen molar-refractivity contribution in [3.63, 3.8) is 0 Å². The Balaban J connectivity index is 1.89. The third-order valence-electron chi connectivity index (χ3n) is 3.55. The lowest BCUT2D eigenvalue weighted by Gasteiger charge is -2.14. The topological polar surface area (TPSA) is 69.0 Å². The van der Waals surface area contributed by atoms with Crippen LogP contribution in [0.3, 0.4) is 0 Å². The molecule has 128 valence electrons. The molecule has 0 unspecified atom stereocenters. The number of rotatable bonds is 3. The maximum atomic E-state index is 12.2. The van der Waals surface area contributed by atoms with Crippen molar-refractivity contribution in [3.8, 4) is 11.4 Å². The van der Waals surface area contributed by atoms with Crippen LogP contribution in [-0.2, 0) is 5.41 Å². The number of hydrogen-bond donors (Lipinski definition) is 1. The van der Waals surface area contributed by atoms with Crippen LogP contribution in [-0.4, -0.2) is 20.9 Å². The van der Waals surface area contributed by atoms with E-state index >= 15 is 0 Å². The molecule has 1 amide bonds. The van der Waals surface area contributed by atoms with Gasteiger partial charge in [-0.15, -0.1) is 0 Å². The van der Waals surface area contributed by atoms with Crippen LogP contribution >= 0.6 is 0 Å². The third kappa shape index (κ3) is 4.03. The molecule has 2 aromatic heterocycles. The van der Waals surface area contributed by atoms with Crippen molar-refractivity contribution < 1.29 is 9.53 Å². The van der Waals surface area contributed by atoms with Crippen molar-refractivity contribution in [2.24, 2.45) is 0 Å². The number of carbonyl (C=O) groups excluding carboxylic acids is 1. The SMILES string of the molecule is CC(C)(C)c1cc(NC(=O)Oc2ccccc2)n(-c2cccnc2)n1. The van der Waals surface area contributed by atoms with E-state index in [2.05, 4.69) is 36.2 Å². The van der Waals surface area contributed by atoms with Gasteiger partial charge in [-0.25, -0.2) is 9.48 Å². The highest BCUT2D eigenvalue weighted by Gasteiger charge is 2.22. The standard InChI is InChI=1S/C19H20N4O2/c1-19(2,3)16-12-17(23(22-16)14-8-7-11-20-13-14)21-18(24)25-15-9-5-4-6-10-15/h4-13H,1-3H3,(H,21,24). The summed E-state index contributed by atoms with van der Waals surface area (Å²) >= 11 is 0. The molecular formula is C19H20N4O2. The maximum absolute atomic E-state index is 12.2. The van der Waals surface area contributed by atoms with E-state index < -0.39 is 6.09 Å². The number of nitrogens with one attached hydrogen (secondary N) is 1. The molecule has 0 atom stereocenters. The quantitative estimate of drug-likeness (QED) is 0.779. The van der Waals surface area contributed by atoms with E-state index in [1.165, 1.54) is 0 Å². The molecule has 0 bridgehead atoms. The average molecular weight is 336 g/mol. The average Bonchev–Trinajstić information content (AvgIpc) is 3.00. The highest BCUT2D eigenvalue weighted by atomic mass is 16.6. The van der Waals surface area contributed by atoms with E-state index in [0.29, 0.717) is 11.6 Å². The Labute approximate surface area is 146 Å².